The predicted molar refractivity (Wildman–Crippen MR) is 65.4 cm³/mol. The van der Waals surface area contributed by atoms with Crippen LogP contribution >= 0.6 is 0 Å². The molecule has 0 spiro atoms. The van der Waals surface area contributed by atoms with E-state index in [-0.39, 0.29) is 5.92 Å². The first-order chi connectivity index (χ1) is 8.70. The normalized spacial score (nSPS) is 18.8. The summed E-state index contributed by atoms with van der Waals surface area (Å²) in [6.07, 6.45) is 0. The average Bonchev–Trinajstić information content (AvgIpc) is 2.38. The quantitative estimate of drug-likeness (QED) is 0.883. The van der Waals surface area contributed by atoms with Gasteiger partial charge in [-0.05, 0) is 11.6 Å². The fourth-order valence-electron chi connectivity index (χ4n) is 2.23. The van der Waals surface area contributed by atoms with Crippen molar-refractivity contribution in [2.75, 3.05) is 39.4 Å². The Labute approximate surface area is 106 Å². The minimum atomic E-state index is -0.557. The molecule has 1 fully saturated rings. The van der Waals surface area contributed by atoms with Gasteiger partial charge in [0, 0.05) is 38.2 Å². The van der Waals surface area contributed by atoms with Crippen molar-refractivity contribution >= 4 is 0 Å². The van der Waals surface area contributed by atoms with E-state index in [1.165, 1.54) is 12.1 Å². The van der Waals surface area contributed by atoms with Crippen LogP contribution in [0.3, 0.4) is 0 Å². The van der Waals surface area contributed by atoms with Crippen LogP contribution in [0.4, 0.5) is 8.78 Å². The van der Waals surface area contributed by atoms with Gasteiger partial charge in [0.1, 0.15) is 11.6 Å². The molecular weight excluding hydrogens is 238 g/mol. The number of hydrogen-bond donors (Lipinski definition) is 1. The van der Waals surface area contributed by atoms with Gasteiger partial charge >= 0.3 is 0 Å². The van der Waals surface area contributed by atoms with Crippen LogP contribution < -0.4 is 5.73 Å². The zero-order valence-corrected chi connectivity index (χ0v) is 10.2. The summed E-state index contributed by atoms with van der Waals surface area (Å²) < 4.78 is 31.8. The van der Waals surface area contributed by atoms with Crippen molar-refractivity contribution in [2.24, 2.45) is 5.73 Å². The molecule has 0 amide bonds. The van der Waals surface area contributed by atoms with Crippen LogP contribution in [0.15, 0.2) is 18.2 Å². The van der Waals surface area contributed by atoms with E-state index in [1.54, 1.807) is 0 Å². The van der Waals surface area contributed by atoms with Gasteiger partial charge < -0.3 is 10.5 Å². The van der Waals surface area contributed by atoms with Crippen LogP contribution in [-0.2, 0) is 4.74 Å². The SMILES string of the molecule is NCC(CN1CCOCC1)c1ccc(F)cc1F. The lowest BCUT2D eigenvalue weighted by Crippen LogP contribution is -2.40. The summed E-state index contributed by atoms with van der Waals surface area (Å²) in [5.41, 5.74) is 6.20. The summed E-state index contributed by atoms with van der Waals surface area (Å²) >= 11 is 0. The second kappa shape index (κ2) is 6.22. The molecule has 100 valence electrons. The first-order valence-electron chi connectivity index (χ1n) is 6.16. The van der Waals surface area contributed by atoms with E-state index in [1.807, 2.05) is 0 Å². The van der Waals surface area contributed by atoms with E-state index in [0.29, 0.717) is 31.9 Å². The third-order valence-electron chi connectivity index (χ3n) is 3.27. The molecule has 1 unspecified atom stereocenters. The highest BCUT2D eigenvalue weighted by Gasteiger charge is 2.20. The van der Waals surface area contributed by atoms with Crippen molar-refractivity contribution in [2.45, 2.75) is 5.92 Å². The molecule has 1 aromatic rings. The summed E-state index contributed by atoms with van der Waals surface area (Å²) in [4.78, 5) is 2.20. The molecule has 5 heteroatoms. The van der Waals surface area contributed by atoms with Gasteiger partial charge in [-0.3, -0.25) is 4.90 Å². The van der Waals surface area contributed by atoms with Gasteiger partial charge in [0.2, 0.25) is 0 Å². The number of nitrogens with zero attached hydrogens (tertiary/aromatic N) is 1. The molecule has 2 N–H and O–H groups in total. The predicted octanol–water partition coefficient (Wildman–Crippen LogP) is 1.34. The van der Waals surface area contributed by atoms with Crippen molar-refractivity contribution in [3.63, 3.8) is 0 Å². The molecule has 1 heterocycles. The van der Waals surface area contributed by atoms with E-state index in [0.717, 1.165) is 19.2 Å². The monoisotopic (exact) mass is 256 g/mol. The minimum absolute atomic E-state index is 0.108. The highest BCUT2D eigenvalue weighted by atomic mass is 19.1. The lowest BCUT2D eigenvalue weighted by Gasteiger charge is -2.30. The molecule has 1 aliphatic rings. The Morgan fingerprint density at radius 2 is 2.00 bits per heavy atom. The molecular formula is C13H18F2N2O. The maximum atomic E-state index is 13.7. The van der Waals surface area contributed by atoms with Crippen LogP contribution in [0.5, 0.6) is 0 Å². The number of benzene rings is 1. The molecule has 0 aromatic heterocycles. The van der Waals surface area contributed by atoms with Crippen molar-refractivity contribution in [1.29, 1.82) is 0 Å². The summed E-state index contributed by atoms with van der Waals surface area (Å²) in [6, 6.07) is 3.68. The third kappa shape index (κ3) is 3.25. The highest BCUT2D eigenvalue weighted by molar-refractivity contribution is 5.23. The zero-order valence-electron chi connectivity index (χ0n) is 10.2. The van der Waals surface area contributed by atoms with Crippen LogP contribution in [0, 0.1) is 11.6 Å². The largest absolute Gasteiger partial charge is 0.379 e. The number of nitrogens with two attached hydrogens (primary N) is 1. The molecule has 1 atom stereocenters. The first kappa shape index (κ1) is 13.4. The number of morpholine rings is 1. The fraction of sp³-hybridized carbons (Fsp3) is 0.538. The second-order valence-electron chi connectivity index (χ2n) is 4.51. The van der Waals surface area contributed by atoms with Crippen LogP contribution in [0.2, 0.25) is 0 Å². The van der Waals surface area contributed by atoms with E-state index in [4.69, 9.17) is 10.5 Å². The van der Waals surface area contributed by atoms with E-state index in [9.17, 15) is 8.78 Å². The lowest BCUT2D eigenvalue weighted by molar-refractivity contribution is 0.0352. The summed E-state index contributed by atoms with van der Waals surface area (Å²) in [6.45, 7) is 4.09. The Morgan fingerprint density at radius 1 is 1.28 bits per heavy atom. The average molecular weight is 256 g/mol. The van der Waals surface area contributed by atoms with Crippen LogP contribution in [0.25, 0.3) is 0 Å². The van der Waals surface area contributed by atoms with Gasteiger partial charge in [0.25, 0.3) is 0 Å². The molecule has 0 aliphatic carbocycles. The molecule has 1 aliphatic heterocycles. The Kier molecular flexibility index (Phi) is 4.63. The van der Waals surface area contributed by atoms with Crippen LogP contribution in [0.1, 0.15) is 11.5 Å². The third-order valence-corrected chi connectivity index (χ3v) is 3.27. The molecule has 0 radical (unpaired) electrons. The fourth-order valence-corrected chi connectivity index (χ4v) is 2.23. The van der Waals surface area contributed by atoms with Gasteiger partial charge in [-0.25, -0.2) is 8.78 Å². The molecule has 0 saturated carbocycles. The van der Waals surface area contributed by atoms with E-state index in [2.05, 4.69) is 4.90 Å². The molecule has 1 saturated heterocycles. The van der Waals surface area contributed by atoms with Gasteiger partial charge in [-0.2, -0.15) is 0 Å². The number of hydrogen-bond acceptors (Lipinski definition) is 3. The molecule has 0 bridgehead atoms. The maximum Gasteiger partial charge on any atom is 0.129 e. The topological polar surface area (TPSA) is 38.5 Å². The molecule has 18 heavy (non-hydrogen) atoms. The van der Waals surface area contributed by atoms with Crippen molar-refractivity contribution < 1.29 is 13.5 Å². The number of halogens is 2. The summed E-state index contributed by atoms with van der Waals surface area (Å²) in [5.74, 6) is -1.18. The Balaban J connectivity index is 2.07. The number of ether oxygens (including phenoxy) is 1. The Hall–Kier alpha value is -1.04. The molecule has 1 aromatic carbocycles. The van der Waals surface area contributed by atoms with Gasteiger partial charge in [-0.15, -0.1) is 0 Å². The zero-order chi connectivity index (χ0) is 13.0. The first-order valence-corrected chi connectivity index (χ1v) is 6.16. The number of rotatable bonds is 4. The Morgan fingerprint density at radius 3 is 2.61 bits per heavy atom. The van der Waals surface area contributed by atoms with E-state index < -0.39 is 11.6 Å². The van der Waals surface area contributed by atoms with Gasteiger partial charge in [-0.1, -0.05) is 6.07 Å². The maximum absolute atomic E-state index is 13.7. The molecule has 3 nitrogen and oxygen atoms in total. The van der Waals surface area contributed by atoms with Gasteiger partial charge in [0.15, 0.2) is 0 Å². The highest BCUT2D eigenvalue weighted by Crippen LogP contribution is 2.21. The Bertz CT molecular complexity index is 395. The second-order valence-corrected chi connectivity index (χ2v) is 4.51. The van der Waals surface area contributed by atoms with Crippen molar-refractivity contribution in [1.82, 2.24) is 4.90 Å². The van der Waals surface area contributed by atoms with Crippen LogP contribution in [-0.4, -0.2) is 44.3 Å². The minimum Gasteiger partial charge on any atom is -0.379 e. The van der Waals surface area contributed by atoms with Crippen molar-refractivity contribution in [3.8, 4) is 0 Å². The lowest BCUT2D eigenvalue weighted by atomic mass is 9.97. The standard InChI is InChI=1S/C13H18F2N2O/c14-11-1-2-12(13(15)7-11)10(8-16)9-17-3-5-18-6-4-17/h1-2,7,10H,3-6,8-9,16H2. The van der Waals surface area contributed by atoms with E-state index >= 15 is 0 Å². The summed E-state index contributed by atoms with van der Waals surface area (Å²) in [5, 5.41) is 0. The van der Waals surface area contributed by atoms with Gasteiger partial charge in [0.05, 0.1) is 13.2 Å². The summed E-state index contributed by atoms with van der Waals surface area (Å²) in [7, 11) is 0. The smallest absolute Gasteiger partial charge is 0.129 e. The molecule has 2 rings (SSSR count). The van der Waals surface area contributed by atoms with Crippen molar-refractivity contribution in [3.05, 3.63) is 35.4 Å².